The summed E-state index contributed by atoms with van der Waals surface area (Å²) in [6.07, 6.45) is 3.41. The number of nitrogens with zero attached hydrogens (tertiary/aromatic N) is 3. The summed E-state index contributed by atoms with van der Waals surface area (Å²) in [7, 11) is 1.73. The highest BCUT2D eigenvalue weighted by Gasteiger charge is 2.24. The lowest BCUT2D eigenvalue weighted by Gasteiger charge is -2.24. The lowest BCUT2D eigenvalue weighted by Crippen LogP contribution is -2.47. The van der Waals surface area contributed by atoms with E-state index < -0.39 is 6.04 Å². The lowest BCUT2D eigenvalue weighted by atomic mass is 10.1. The van der Waals surface area contributed by atoms with Crippen molar-refractivity contribution in [3.63, 3.8) is 0 Å². The third-order valence-electron chi connectivity index (χ3n) is 6.01. The first-order valence-corrected chi connectivity index (χ1v) is 12.6. The van der Waals surface area contributed by atoms with Crippen LogP contribution in [0, 0.1) is 0 Å². The Labute approximate surface area is 220 Å². The summed E-state index contributed by atoms with van der Waals surface area (Å²) in [5, 5.41) is 10.5. The normalized spacial score (nSPS) is 17.5. The first-order chi connectivity index (χ1) is 17.9. The van der Waals surface area contributed by atoms with Crippen LogP contribution in [0.1, 0.15) is 39.3 Å². The minimum atomic E-state index is -0.404. The van der Waals surface area contributed by atoms with E-state index in [0.29, 0.717) is 48.7 Å². The summed E-state index contributed by atoms with van der Waals surface area (Å²) in [6.45, 7) is 0.760. The molecule has 2 N–H and O–H groups in total. The van der Waals surface area contributed by atoms with Gasteiger partial charge in [-0.05, 0) is 49.1 Å². The Bertz CT molecular complexity index is 1250. The molecular weight excluding hydrogens is 494 g/mol. The van der Waals surface area contributed by atoms with Crippen LogP contribution in [0.5, 0.6) is 5.75 Å². The molecule has 0 fully saturated rings. The van der Waals surface area contributed by atoms with E-state index in [1.807, 2.05) is 30.3 Å². The number of hydrogen-bond donors (Lipinski definition) is 2. The van der Waals surface area contributed by atoms with E-state index in [-0.39, 0.29) is 36.6 Å². The Kier molecular flexibility index (Phi) is 8.79. The quantitative estimate of drug-likeness (QED) is 0.549. The molecule has 0 radical (unpaired) electrons. The van der Waals surface area contributed by atoms with Crippen molar-refractivity contribution < 1.29 is 19.1 Å². The predicted molar refractivity (Wildman–Crippen MR) is 140 cm³/mol. The topological polar surface area (TPSA) is 106 Å². The van der Waals surface area contributed by atoms with Crippen LogP contribution in [0.2, 0.25) is 5.02 Å². The van der Waals surface area contributed by atoms with Gasteiger partial charge in [0.1, 0.15) is 18.1 Å². The third kappa shape index (κ3) is 7.33. The molecule has 2 heterocycles. The second-order valence-electron chi connectivity index (χ2n) is 8.97. The van der Waals surface area contributed by atoms with Crippen molar-refractivity contribution in [1.29, 1.82) is 0 Å². The van der Waals surface area contributed by atoms with Crippen molar-refractivity contribution >= 4 is 29.3 Å². The maximum atomic E-state index is 13.1. The number of rotatable bonds is 3. The number of aromatic nitrogens is 2. The summed E-state index contributed by atoms with van der Waals surface area (Å²) in [6, 6.07) is 15.8. The largest absolute Gasteiger partial charge is 0.491 e. The van der Waals surface area contributed by atoms with Crippen molar-refractivity contribution in [3.8, 4) is 5.75 Å². The molecule has 0 bridgehead atoms. The van der Waals surface area contributed by atoms with Gasteiger partial charge in [-0.25, -0.2) is 0 Å². The first-order valence-electron chi connectivity index (χ1n) is 12.2. The summed E-state index contributed by atoms with van der Waals surface area (Å²) in [5.41, 5.74) is 1.63. The Balaban J connectivity index is 1.58. The van der Waals surface area contributed by atoms with Gasteiger partial charge >= 0.3 is 0 Å². The average Bonchev–Trinajstić information content (AvgIpc) is 3.32. The van der Waals surface area contributed by atoms with E-state index in [1.54, 1.807) is 42.2 Å². The molecule has 37 heavy (non-hydrogen) atoms. The Morgan fingerprint density at radius 1 is 1.14 bits per heavy atom. The Morgan fingerprint density at radius 3 is 2.70 bits per heavy atom. The highest BCUT2D eigenvalue weighted by molar-refractivity contribution is 6.31. The van der Waals surface area contributed by atoms with Crippen LogP contribution >= 0.6 is 11.6 Å². The van der Waals surface area contributed by atoms with Gasteiger partial charge in [0.05, 0.1) is 18.2 Å². The molecule has 194 valence electrons. The van der Waals surface area contributed by atoms with E-state index in [4.69, 9.17) is 16.3 Å². The smallest absolute Gasteiger partial charge is 0.274 e. The fraction of sp³-hybridized carbons (Fsp3) is 0.333. The third-order valence-corrected chi connectivity index (χ3v) is 6.25. The van der Waals surface area contributed by atoms with Crippen LogP contribution in [0.25, 0.3) is 0 Å². The molecule has 9 nitrogen and oxygen atoms in total. The molecule has 4 rings (SSSR count). The number of carbonyl (C=O) groups is 3. The number of nitrogens with one attached hydrogen (secondary N) is 2. The van der Waals surface area contributed by atoms with Crippen LogP contribution < -0.4 is 15.4 Å². The summed E-state index contributed by atoms with van der Waals surface area (Å²) < 4.78 is 7.59. The number of hydrogen-bond acceptors (Lipinski definition) is 5. The molecule has 2 aromatic carbocycles. The van der Waals surface area contributed by atoms with Gasteiger partial charge in [-0.3, -0.25) is 19.1 Å². The zero-order valence-corrected chi connectivity index (χ0v) is 21.4. The number of fused-ring (bicyclic) bond motifs is 1. The summed E-state index contributed by atoms with van der Waals surface area (Å²) in [4.78, 5) is 40.6. The Hall–Kier alpha value is -3.85. The second kappa shape index (κ2) is 12.4. The standard InChI is InChI=1S/C27H30ClN5O4/c1-32-14-11-23(31-32)27(36)33-13-6-5-12-29-26(35)22-16-20(28)9-10-24(22)37-18-21(30-25(34)17-33)15-19-7-3-2-4-8-19/h2-4,7-11,14,16,21H,5-6,12-13,15,17-18H2,1H3,(H,29,35)(H,30,34)/t21-/m1/s1. The van der Waals surface area contributed by atoms with Gasteiger partial charge in [0.25, 0.3) is 11.8 Å². The van der Waals surface area contributed by atoms with Crippen molar-refractivity contribution in [3.05, 3.63) is 82.6 Å². The van der Waals surface area contributed by atoms with Gasteiger partial charge in [-0.2, -0.15) is 5.10 Å². The molecule has 0 spiro atoms. The van der Waals surface area contributed by atoms with E-state index in [9.17, 15) is 14.4 Å². The number of aryl methyl sites for hydroxylation is 1. The number of benzene rings is 2. The van der Waals surface area contributed by atoms with E-state index in [0.717, 1.165) is 5.56 Å². The van der Waals surface area contributed by atoms with Crippen molar-refractivity contribution in [2.45, 2.75) is 25.3 Å². The van der Waals surface area contributed by atoms with Crippen molar-refractivity contribution in [2.24, 2.45) is 7.05 Å². The van der Waals surface area contributed by atoms with Gasteiger partial charge in [0.15, 0.2) is 0 Å². The number of carbonyl (C=O) groups excluding carboxylic acids is 3. The van der Waals surface area contributed by atoms with Gasteiger partial charge in [0.2, 0.25) is 5.91 Å². The average molecular weight is 524 g/mol. The number of ether oxygens (including phenoxy) is 1. The van der Waals surface area contributed by atoms with Crippen molar-refractivity contribution in [2.75, 3.05) is 26.2 Å². The molecule has 1 aliphatic heterocycles. The van der Waals surface area contributed by atoms with Gasteiger partial charge in [-0.1, -0.05) is 41.9 Å². The SMILES string of the molecule is Cn1ccc(C(=O)N2CCCCNC(=O)c3cc(Cl)ccc3OC[C@@H](Cc3ccccc3)NC(=O)C2)n1. The fourth-order valence-corrected chi connectivity index (χ4v) is 4.33. The summed E-state index contributed by atoms with van der Waals surface area (Å²) >= 11 is 6.15. The number of halogens is 1. The molecule has 3 amide bonds. The molecule has 0 aliphatic carbocycles. The Morgan fingerprint density at radius 2 is 1.95 bits per heavy atom. The molecule has 0 saturated carbocycles. The van der Waals surface area contributed by atoms with Gasteiger partial charge in [0, 0.05) is 31.4 Å². The number of amides is 3. The lowest BCUT2D eigenvalue weighted by molar-refractivity contribution is -0.122. The highest BCUT2D eigenvalue weighted by Crippen LogP contribution is 2.23. The minimum absolute atomic E-state index is 0.112. The molecule has 10 heteroatoms. The molecule has 1 atom stereocenters. The molecule has 0 saturated heterocycles. The van der Waals surface area contributed by atoms with Crippen LogP contribution in [-0.2, 0) is 18.3 Å². The van der Waals surface area contributed by atoms with E-state index in [2.05, 4.69) is 15.7 Å². The first kappa shape index (κ1) is 26.2. The van der Waals surface area contributed by atoms with Crippen LogP contribution in [0.4, 0.5) is 0 Å². The molecular formula is C27H30ClN5O4. The maximum Gasteiger partial charge on any atom is 0.274 e. The van der Waals surface area contributed by atoms with Gasteiger partial charge < -0.3 is 20.3 Å². The van der Waals surface area contributed by atoms with Crippen molar-refractivity contribution in [1.82, 2.24) is 25.3 Å². The monoisotopic (exact) mass is 523 g/mol. The van der Waals surface area contributed by atoms with Crippen LogP contribution in [-0.4, -0.2) is 64.7 Å². The van der Waals surface area contributed by atoms with Crippen LogP contribution in [0.15, 0.2) is 60.8 Å². The zero-order valence-electron chi connectivity index (χ0n) is 20.7. The molecule has 1 aromatic heterocycles. The molecule has 1 aliphatic rings. The second-order valence-corrected chi connectivity index (χ2v) is 9.41. The van der Waals surface area contributed by atoms with Crippen LogP contribution in [0.3, 0.4) is 0 Å². The highest BCUT2D eigenvalue weighted by atomic mass is 35.5. The minimum Gasteiger partial charge on any atom is -0.491 e. The van der Waals surface area contributed by atoms with E-state index in [1.165, 1.54) is 4.90 Å². The fourth-order valence-electron chi connectivity index (χ4n) is 4.16. The zero-order chi connectivity index (χ0) is 26.2. The van der Waals surface area contributed by atoms with Gasteiger partial charge in [-0.15, -0.1) is 0 Å². The van der Waals surface area contributed by atoms with E-state index >= 15 is 0 Å². The maximum absolute atomic E-state index is 13.1. The summed E-state index contributed by atoms with van der Waals surface area (Å²) in [5.74, 6) is -0.523. The predicted octanol–water partition coefficient (Wildman–Crippen LogP) is 2.85. The molecule has 0 unspecified atom stereocenters. The molecule has 3 aromatic rings.